The minimum atomic E-state index is -0.179. The first-order valence-corrected chi connectivity index (χ1v) is 5.39. The summed E-state index contributed by atoms with van der Waals surface area (Å²) in [5.74, 6) is 0.705. The maximum Gasteiger partial charge on any atom is 0.151 e. The topological polar surface area (TPSA) is 40.7 Å². The standard InChI is InChI=1S/C12H12FN3/c1-2-14-12-10-6-7-5-8(13)3-4-9(7)11(10)15-16-12/h3-5H,2,6H2,1H3,(H2,14,15,16). The van der Waals surface area contributed by atoms with Gasteiger partial charge in [-0.15, -0.1) is 0 Å². The van der Waals surface area contributed by atoms with Gasteiger partial charge in [0.25, 0.3) is 0 Å². The number of aromatic nitrogens is 2. The average Bonchev–Trinajstić information content (AvgIpc) is 2.78. The van der Waals surface area contributed by atoms with Crippen molar-refractivity contribution in [2.45, 2.75) is 13.3 Å². The van der Waals surface area contributed by atoms with Crippen molar-refractivity contribution in [2.24, 2.45) is 0 Å². The summed E-state index contributed by atoms with van der Waals surface area (Å²) in [7, 11) is 0. The molecule has 4 heteroatoms. The van der Waals surface area contributed by atoms with Gasteiger partial charge < -0.3 is 5.32 Å². The van der Waals surface area contributed by atoms with Crippen LogP contribution in [0.15, 0.2) is 18.2 Å². The lowest BCUT2D eigenvalue weighted by Crippen LogP contribution is -1.99. The van der Waals surface area contributed by atoms with Crippen LogP contribution in [0.1, 0.15) is 18.1 Å². The van der Waals surface area contributed by atoms with Crippen molar-refractivity contribution in [3.63, 3.8) is 0 Å². The number of halogens is 1. The highest BCUT2D eigenvalue weighted by molar-refractivity contribution is 5.78. The Kier molecular flexibility index (Phi) is 1.96. The van der Waals surface area contributed by atoms with Gasteiger partial charge in [0.15, 0.2) is 5.82 Å². The highest BCUT2D eigenvalue weighted by Gasteiger charge is 2.24. The summed E-state index contributed by atoms with van der Waals surface area (Å²) in [5.41, 5.74) is 4.25. The second kappa shape index (κ2) is 3.33. The van der Waals surface area contributed by atoms with Crippen molar-refractivity contribution in [1.29, 1.82) is 0 Å². The predicted octanol–water partition coefficient (Wildman–Crippen LogP) is 2.55. The van der Waals surface area contributed by atoms with Gasteiger partial charge in [-0.3, -0.25) is 5.10 Å². The third-order valence-electron chi connectivity index (χ3n) is 2.92. The van der Waals surface area contributed by atoms with Crippen LogP contribution in [-0.2, 0) is 6.42 Å². The average molecular weight is 217 g/mol. The summed E-state index contributed by atoms with van der Waals surface area (Å²) in [6.07, 6.45) is 0.751. The molecular formula is C12H12FN3. The summed E-state index contributed by atoms with van der Waals surface area (Å²) < 4.78 is 13.1. The molecule has 0 saturated heterocycles. The van der Waals surface area contributed by atoms with E-state index in [-0.39, 0.29) is 5.82 Å². The van der Waals surface area contributed by atoms with Gasteiger partial charge in [-0.2, -0.15) is 5.10 Å². The van der Waals surface area contributed by atoms with Gasteiger partial charge in [-0.1, -0.05) is 0 Å². The van der Waals surface area contributed by atoms with E-state index in [2.05, 4.69) is 15.5 Å². The number of fused-ring (bicyclic) bond motifs is 3. The molecule has 1 aromatic carbocycles. The number of nitrogens with zero attached hydrogens (tertiary/aromatic N) is 1. The largest absolute Gasteiger partial charge is 0.369 e. The molecule has 0 amide bonds. The molecule has 0 unspecified atom stereocenters. The molecule has 0 spiro atoms. The van der Waals surface area contributed by atoms with Crippen LogP contribution >= 0.6 is 0 Å². The Morgan fingerprint density at radius 3 is 3.19 bits per heavy atom. The normalized spacial score (nSPS) is 12.4. The molecule has 2 N–H and O–H groups in total. The number of aromatic amines is 1. The van der Waals surface area contributed by atoms with E-state index in [1.165, 1.54) is 6.07 Å². The molecule has 82 valence electrons. The molecule has 0 aliphatic heterocycles. The highest BCUT2D eigenvalue weighted by atomic mass is 19.1. The number of anilines is 1. The number of benzene rings is 1. The maximum atomic E-state index is 13.1. The van der Waals surface area contributed by atoms with Gasteiger partial charge in [0.2, 0.25) is 0 Å². The first-order chi connectivity index (χ1) is 7.79. The van der Waals surface area contributed by atoms with E-state index < -0.39 is 0 Å². The first-order valence-electron chi connectivity index (χ1n) is 5.39. The van der Waals surface area contributed by atoms with E-state index in [1.54, 1.807) is 6.07 Å². The molecule has 3 rings (SSSR count). The fourth-order valence-electron chi connectivity index (χ4n) is 2.22. The van der Waals surface area contributed by atoms with E-state index in [0.717, 1.165) is 41.2 Å². The van der Waals surface area contributed by atoms with Crippen LogP contribution < -0.4 is 5.32 Å². The maximum absolute atomic E-state index is 13.1. The molecule has 1 heterocycles. The molecular weight excluding hydrogens is 205 g/mol. The molecule has 0 bridgehead atoms. The Hall–Kier alpha value is -1.84. The van der Waals surface area contributed by atoms with E-state index >= 15 is 0 Å². The Bertz CT molecular complexity index is 545. The molecule has 0 saturated carbocycles. The molecule has 3 nitrogen and oxygen atoms in total. The zero-order valence-corrected chi connectivity index (χ0v) is 8.97. The Labute approximate surface area is 92.7 Å². The van der Waals surface area contributed by atoms with E-state index in [4.69, 9.17) is 0 Å². The highest BCUT2D eigenvalue weighted by Crippen LogP contribution is 2.38. The smallest absolute Gasteiger partial charge is 0.151 e. The molecule has 16 heavy (non-hydrogen) atoms. The summed E-state index contributed by atoms with van der Waals surface area (Å²) >= 11 is 0. The molecule has 0 atom stereocenters. The Morgan fingerprint density at radius 2 is 2.38 bits per heavy atom. The molecule has 0 radical (unpaired) electrons. The van der Waals surface area contributed by atoms with Crippen molar-refractivity contribution in [3.8, 4) is 11.3 Å². The molecule has 1 aliphatic carbocycles. The molecule has 1 aliphatic rings. The van der Waals surface area contributed by atoms with Crippen LogP contribution in [0, 0.1) is 5.82 Å². The summed E-state index contributed by atoms with van der Waals surface area (Å²) in [6.45, 7) is 2.87. The van der Waals surface area contributed by atoms with Crippen LogP contribution in [0.2, 0.25) is 0 Å². The van der Waals surface area contributed by atoms with Crippen molar-refractivity contribution in [3.05, 3.63) is 35.1 Å². The van der Waals surface area contributed by atoms with Gasteiger partial charge in [-0.25, -0.2) is 4.39 Å². The lowest BCUT2D eigenvalue weighted by Gasteiger charge is -2.00. The number of hydrogen-bond acceptors (Lipinski definition) is 2. The predicted molar refractivity (Wildman–Crippen MR) is 61.0 cm³/mol. The minimum absolute atomic E-state index is 0.179. The summed E-state index contributed by atoms with van der Waals surface area (Å²) in [5, 5.41) is 10.4. The lowest BCUT2D eigenvalue weighted by atomic mass is 10.1. The fraction of sp³-hybridized carbons (Fsp3) is 0.250. The van der Waals surface area contributed by atoms with Crippen molar-refractivity contribution in [2.75, 3.05) is 11.9 Å². The van der Waals surface area contributed by atoms with Gasteiger partial charge >= 0.3 is 0 Å². The number of H-pyrrole nitrogens is 1. The minimum Gasteiger partial charge on any atom is -0.369 e. The zero-order chi connectivity index (χ0) is 11.1. The second-order valence-electron chi connectivity index (χ2n) is 3.93. The summed E-state index contributed by atoms with van der Waals surface area (Å²) in [4.78, 5) is 0. The molecule has 2 aromatic rings. The van der Waals surface area contributed by atoms with Crippen LogP contribution in [0.5, 0.6) is 0 Å². The number of nitrogens with one attached hydrogen (secondary N) is 2. The van der Waals surface area contributed by atoms with E-state index in [9.17, 15) is 4.39 Å². The second-order valence-corrected chi connectivity index (χ2v) is 3.93. The van der Waals surface area contributed by atoms with Crippen LogP contribution in [-0.4, -0.2) is 16.7 Å². The SMILES string of the molecule is CCNc1n[nH]c2c1Cc1cc(F)ccc1-2. The van der Waals surface area contributed by atoms with Gasteiger partial charge in [0.1, 0.15) is 5.82 Å². The van der Waals surface area contributed by atoms with Gasteiger partial charge in [0, 0.05) is 24.1 Å². The summed E-state index contributed by atoms with van der Waals surface area (Å²) in [6, 6.07) is 4.89. The van der Waals surface area contributed by atoms with Crippen LogP contribution in [0.25, 0.3) is 11.3 Å². The number of hydrogen-bond donors (Lipinski definition) is 2. The Morgan fingerprint density at radius 1 is 1.50 bits per heavy atom. The quantitative estimate of drug-likeness (QED) is 0.692. The molecule has 1 aromatic heterocycles. The van der Waals surface area contributed by atoms with E-state index in [0.29, 0.717) is 0 Å². The van der Waals surface area contributed by atoms with Gasteiger partial charge in [0.05, 0.1) is 5.69 Å². The first kappa shape index (κ1) is 9.39. The van der Waals surface area contributed by atoms with Crippen LogP contribution in [0.3, 0.4) is 0 Å². The van der Waals surface area contributed by atoms with Crippen LogP contribution in [0.4, 0.5) is 10.2 Å². The fourth-order valence-corrected chi connectivity index (χ4v) is 2.22. The van der Waals surface area contributed by atoms with E-state index in [1.807, 2.05) is 13.0 Å². The monoisotopic (exact) mass is 217 g/mol. The third kappa shape index (κ3) is 1.23. The zero-order valence-electron chi connectivity index (χ0n) is 8.97. The van der Waals surface area contributed by atoms with Crippen molar-refractivity contribution in [1.82, 2.24) is 10.2 Å². The number of rotatable bonds is 2. The van der Waals surface area contributed by atoms with Crippen molar-refractivity contribution >= 4 is 5.82 Å². The van der Waals surface area contributed by atoms with Crippen molar-refractivity contribution < 1.29 is 4.39 Å². The lowest BCUT2D eigenvalue weighted by molar-refractivity contribution is 0.626. The third-order valence-corrected chi connectivity index (χ3v) is 2.92. The van der Waals surface area contributed by atoms with Gasteiger partial charge in [-0.05, 0) is 30.7 Å². The molecule has 0 fully saturated rings. The Balaban J connectivity index is 2.10.